The Kier molecular flexibility index (Phi) is 4.55. The van der Waals surface area contributed by atoms with Gasteiger partial charge in [-0.3, -0.25) is 4.90 Å². The van der Waals surface area contributed by atoms with Gasteiger partial charge in [-0.25, -0.2) is 4.98 Å². The molecule has 2 rings (SSSR count). The van der Waals surface area contributed by atoms with E-state index in [1.165, 1.54) is 31.5 Å². The van der Waals surface area contributed by atoms with Gasteiger partial charge in [0, 0.05) is 31.9 Å². The van der Waals surface area contributed by atoms with E-state index >= 15 is 0 Å². The first-order valence-corrected chi connectivity index (χ1v) is 6.82. The molecule has 18 heavy (non-hydrogen) atoms. The zero-order chi connectivity index (χ0) is 13.0. The smallest absolute Gasteiger partial charge is 0.123 e. The maximum absolute atomic E-state index is 5.75. The molecule has 0 bridgehead atoms. The van der Waals surface area contributed by atoms with Gasteiger partial charge in [0.2, 0.25) is 0 Å². The summed E-state index contributed by atoms with van der Waals surface area (Å²) in [5.41, 5.74) is 7.01. The predicted molar refractivity (Wildman–Crippen MR) is 75.3 cm³/mol. The van der Waals surface area contributed by atoms with Crippen molar-refractivity contribution in [1.29, 1.82) is 0 Å². The van der Waals surface area contributed by atoms with Crippen LogP contribution in [0.5, 0.6) is 0 Å². The molecule has 2 heterocycles. The normalized spacial score (nSPS) is 22.9. The molecule has 1 aliphatic rings. The minimum absolute atomic E-state index is 0.618. The van der Waals surface area contributed by atoms with Crippen LogP contribution >= 0.6 is 0 Å². The van der Waals surface area contributed by atoms with Gasteiger partial charge in [-0.1, -0.05) is 6.92 Å². The molecule has 1 atom stereocenters. The van der Waals surface area contributed by atoms with Crippen molar-refractivity contribution in [3.8, 4) is 0 Å². The lowest BCUT2D eigenvalue weighted by Gasteiger charge is -2.30. The highest BCUT2D eigenvalue weighted by atomic mass is 15.2. The number of aromatic nitrogens is 1. The van der Waals surface area contributed by atoms with Crippen LogP contribution in [0, 0.1) is 0 Å². The molecule has 0 radical (unpaired) electrons. The molecule has 1 saturated heterocycles. The van der Waals surface area contributed by atoms with Crippen molar-refractivity contribution in [2.45, 2.75) is 32.4 Å². The van der Waals surface area contributed by atoms with Crippen molar-refractivity contribution in [2.24, 2.45) is 0 Å². The van der Waals surface area contributed by atoms with Crippen LogP contribution in [0.3, 0.4) is 0 Å². The molecule has 2 N–H and O–H groups in total. The third kappa shape index (κ3) is 3.43. The number of hydrogen-bond donors (Lipinski definition) is 1. The lowest BCUT2D eigenvalue weighted by atomic mass is 10.1. The Hall–Kier alpha value is -1.13. The lowest BCUT2D eigenvalue weighted by Crippen LogP contribution is -2.39. The first kappa shape index (κ1) is 13.3. The van der Waals surface area contributed by atoms with Crippen molar-refractivity contribution in [3.63, 3.8) is 0 Å². The van der Waals surface area contributed by atoms with E-state index in [0.29, 0.717) is 11.9 Å². The molecule has 4 heteroatoms. The number of hydrogen-bond acceptors (Lipinski definition) is 4. The second-order valence-electron chi connectivity index (χ2n) is 5.24. The van der Waals surface area contributed by atoms with E-state index in [9.17, 15) is 0 Å². The molecule has 0 saturated carbocycles. The Labute approximate surface area is 110 Å². The van der Waals surface area contributed by atoms with Crippen molar-refractivity contribution < 1.29 is 0 Å². The van der Waals surface area contributed by atoms with Crippen LogP contribution in [0.15, 0.2) is 18.3 Å². The van der Waals surface area contributed by atoms with Crippen molar-refractivity contribution in [1.82, 2.24) is 14.8 Å². The molecule has 1 unspecified atom stereocenters. The first-order chi connectivity index (χ1) is 8.69. The first-order valence-electron chi connectivity index (χ1n) is 6.82. The Morgan fingerprint density at radius 2 is 2.28 bits per heavy atom. The third-order valence-corrected chi connectivity index (χ3v) is 3.73. The number of anilines is 1. The standard InChI is InChI=1S/C14H24N4/c1-3-13-11-17(2)7-4-8-18(13)10-12-5-6-16-14(15)9-12/h5-6,9,13H,3-4,7-8,10-11H2,1-2H3,(H2,15,16). The van der Waals surface area contributed by atoms with E-state index < -0.39 is 0 Å². The van der Waals surface area contributed by atoms with Gasteiger partial charge in [-0.05, 0) is 44.1 Å². The highest BCUT2D eigenvalue weighted by molar-refractivity contribution is 5.31. The zero-order valence-electron chi connectivity index (χ0n) is 11.5. The van der Waals surface area contributed by atoms with Crippen LogP contribution in [0.4, 0.5) is 5.82 Å². The average Bonchev–Trinajstić information content (AvgIpc) is 2.51. The van der Waals surface area contributed by atoms with Gasteiger partial charge in [0.15, 0.2) is 0 Å². The van der Waals surface area contributed by atoms with Crippen LogP contribution in [0.1, 0.15) is 25.3 Å². The molecule has 1 aromatic rings. The van der Waals surface area contributed by atoms with E-state index in [1.54, 1.807) is 6.20 Å². The molecule has 100 valence electrons. The molecule has 1 fully saturated rings. The number of nitrogens with two attached hydrogens (primary N) is 1. The fourth-order valence-corrected chi connectivity index (χ4v) is 2.72. The van der Waals surface area contributed by atoms with Crippen LogP contribution in [0.2, 0.25) is 0 Å². The fraction of sp³-hybridized carbons (Fsp3) is 0.643. The topological polar surface area (TPSA) is 45.4 Å². The SMILES string of the molecule is CCC1CN(C)CCCN1Cc1ccnc(N)c1. The molecule has 0 spiro atoms. The molecular weight excluding hydrogens is 224 g/mol. The summed E-state index contributed by atoms with van der Waals surface area (Å²) in [5, 5.41) is 0. The second kappa shape index (κ2) is 6.16. The summed E-state index contributed by atoms with van der Waals surface area (Å²) in [6, 6.07) is 4.70. The summed E-state index contributed by atoms with van der Waals surface area (Å²) >= 11 is 0. The summed E-state index contributed by atoms with van der Waals surface area (Å²) in [5.74, 6) is 0.618. The summed E-state index contributed by atoms with van der Waals surface area (Å²) in [6.45, 7) is 6.80. The van der Waals surface area contributed by atoms with E-state index in [-0.39, 0.29) is 0 Å². The van der Waals surface area contributed by atoms with Gasteiger partial charge in [0.1, 0.15) is 5.82 Å². The second-order valence-corrected chi connectivity index (χ2v) is 5.24. The summed E-state index contributed by atoms with van der Waals surface area (Å²) in [4.78, 5) is 9.07. The molecule has 1 aliphatic heterocycles. The van der Waals surface area contributed by atoms with Crippen molar-refractivity contribution in [2.75, 3.05) is 32.4 Å². The summed E-state index contributed by atoms with van der Waals surface area (Å²) in [7, 11) is 2.22. The largest absolute Gasteiger partial charge is 0.384 e. The number of nitrogens with zero attached hydrogens (tertiary/aromatic N) is 3. The van der Waals surface area contributed by atoms with Crippen molar-refractivity contribution in [3.05, 3.63) is 23.9 Å². The highest BCUT2D eigenvalue weighted by Crippen LogP contribution is 2.16. The average molecular weight is 248 g/mol. The van der Waals surface area contributed by atoms with Crippen LogP contribution < -0.4 is 5.73 Å². The maximum Gasteiger partial charge on any atom is 0.123 e. The van der Waals surface area contributed by atoms with Crippen LogP contribution in [-0.2, 0) is 6.54 Å². The molecule has 0 aliphatic carbocycles. The van der Waals surface area contributed by atoms with E-state index in [4.69, 9.17) is 5.73 Å². The fourth-order valence-electron chi connectivity index (χ4n) is 2.72. The highest BCUT2D eigenvalue weighted by Gasteiger charge is 2.21. The Morgan fingerprint density at radius 1 is 1.44 bits per heavy atom. The van der Waals surface area contributed by atoms with Gasteiger partial charge in [0.25, 0.3) is 0 Å². The van der Waals surface area contributed by atoms with E-state index in [1.807, 2.05) is 6.07 Å². The number of pyridine rings is 1. The predicted octanol–water partition coefficient (Wildman–Crippen LogP) is 1.58. The van der Waals surface area contributed by atoms with Gasteiger partial charge >= 0.3 is 0 Å². The molecule has 0 aromatic carbocycles. The minimum Gasteiger partial charge on any atom is -0.384 e. The van der Waals surface area contributed by atoms with Gasteiger partial charge in [0.05, 0.1) is 0 Å². The van der Waals surface area contributed by atoms with Gasteiger partial charge < -0.3 is 10.6 Å². The Morgan fingerprint density at radius 3 is 3.00 bits per heavy atom. The minimum atomic E-state index is 0.618. The Bertz CT molecular complexity index is 380. The van der Waals surface area contributed by atoms with E-state index in [0.717, 1.165) is 13.1 Å². The molecule has 0 amide bonds. The maximum atomic E-state index is 5.75. The molecule has 1 aromatic heterocycles. The van der Waals surface area contributed by atoms with Crippen LogP contribution in [0.25, 0.3) is 0 Å². The molecular formula is C14H24N4. The summed E-state index contributed by atoms with van der Waals surface area (Å²) in [6.07, 6.45) is 4.24. The van der Waals surface area contributed by atoms with Gasteiger partial charge in [-0.2, -0.15) is 0 Å². The third-order valence-electron chi connectivity index (χ3n) is 3.73. The number of nitrogen functional groups attached to an aromatic ring is 1. The monoisotopic (exact) mass is 248 g/mol. The quantitative estimate of drug-likeness (QED) is 0.882. The van der Waals surface area contributed by atoms with E-state index in [2.05, 4.69) is 34.8 Å². The number of likely N-dealkylation sites (N-methyl/N-ethyl adjacent to an activating group) is 1. The number of rotatable bonds is 3. The Balaban J connectivity index is 2.06. The lowest BCUT2D eigenvalue weighted by molar-refractivity contribution is 0.176. The van der Waals surface area contributed by atoms with Crippen LogP contribution in [-0.4, -0.2) is 47.5 Å². The van der Waals surface area contributed by atoms with Crippen molar-refractivity contribution >= 4 is 5.82 Å². The summed E-state index contributed by atoms with van der Waals surface area (Å²) < 4.78 is 0. The molecule has 4 nitrogen and oxygen atoms in total. The zero-order valence-corrected chi connectivity index (χ0v) is 11.5. The van der Waals surface area contributed by atoms with Gasteiger partial charge in [-0.15, -0.1) is 0 Å².